The maximum Gasteiger partial charge on any atom is 0.416 e. The highest BCUT2D eigenvalue weighted by atomic mass is 19.4. The Labute approximate surface area is 140 Å². The number of carbonyl (C=O) groups excluding carboxylic acids is 3. The number of likely N-dealkylation sites (tertiary alicyclic amines) is 1. The molecule has 1 aromatic rings. The summed E-state index contributed by atoms with van der Waals surface area (Å²) in [7, 11) is 0. The van der Waals surface area contributed by atoms with Crippen LogP contribution < -0.4 is 10.6 Å². The zero-order valence-corrected chi connectivity index (χ0v) is 13.0. The first-order valence-electron chi connectivity index (χ1n) is 7.59. The van der Waals surface area contributed by atoms with E-state index in [0.717, 1.165) is 17.0 Å². The predicted molar refractivity (Wildman–Crippen MR) is 80.7 cm³/mol. The Kier molecular flexibility index (Phi) is 4.27. The van der Waals surface area contributed by atoms with Gasteiger partial charge in [-0.05, 0) is 30.7 Å². The summed E-state index contributed by atoms with van der Waals surface area (Å²) in [5, 5.41) is 4.94. The average Bonchev–Trinajstić information content (AvgIpc) is 3.14. The van der Waals surface area contributed by atoms with Gasteiger partial charge in [-0.3, -0.25) is 9.69 Å². The second-order valence-electron chi connectivity index (χ2n) is 5.82. The SMILES string of the molecule is O=C(Nc1ccc(C(F)(F)F)cc1)N1CCC(N2C(=O)CNC2=O)C1. The molecule has 2 heterocycles. The fourth-order valence-electron chi connectivity index (χ4n) is 2.89. The Hall–Kier alpha value is -2.78. The first-order chi connectivity index (χ1) is 11.8. The summed E-state index contributed by atoms with van der Waals surface area (Å²) in [6.45, 7) is 0.479. The summed E-state index contributed by atoms with van der Waals surface area (Å²) >= 11 is 0. The maximum atomic E-state index is 12.5. The number of nitrogens with zero attached hydrogens (tertiary/aromatic N) is 2. The molecule has 2 aliphatic rings. The van der Waals surface area contributed by atoms with Crippen molar-refractivity contribution in [2.24, 2.45) is 0 Å². The number of hydrogen-bond donors (Lipinski definition) is 2. The largest absolute Gasteiger partial charge is 0.416 e. The van der Waals surface area contributed by atoms with Gasteiger partial charge in [-0.25, -0.2) is 9.59 Å². The highest BCUT2D eigenvalue weighted by Gasteiger charge is 2.39. The number of nitrogens with one attached hydrogen (secondary N) is 2. The Balaban J connectivity index is 1.59. The molecule has 2 N–H and O–H groups in total. The van der Waals surface area contributed by atoms with E-state index >= 15 is 0 Å². The Morgan fingerprint density at radius 2 is 1.88 bits per heavy atom. The Morgan fingerprint density at radius 3 is 2.44 bits per heavy atom. The number of benzene rings is 1. The minimum atomic E-state index is -4.44. The number of halogens is 3. The van der Waals surface area contributed by atoms with Gasteiger partial charge in [0.2, 0.25) is 5.91 Å². The molecule has 25 heavy (non-hydrogen) atoms. The number of carbonyl (C=O) groups is 3. The van der Waals surface area contributed by atoms with E-state index in [0.29, 0.717) is 13.0 Å². The molecule has 0 saturated carbocycles. The predicted octanol–water partition coefficient (Wildman–Crippen LogP) is 1.86. The molecular formula is C15H15F3N4O3. The van der Waals surface area contributed by atoms with Gasteiger partial charge in [0.1, 0.15) is 0 Å². The van der Waals surface area contributed by atoms with Gasteiger partial charge < -0.3 is 15.5 Å². The van der Waals surface area contributed by atoms with Crippen LogP contribution >= 0.6 is 0 Å². The van der Waals surface area contributed by atoms with Crippen LogP contribution in [-0.2, 0) is 11.0 Å². The molecule has 0 bridgehead atoms. The van der Waals surface area contributed by atoms with E-state index in [4.69, 9.17) is 0 Å². The summed E-state index contributed by atoms with van der Waals surface area (Å²) < 4.78 is 37.6. The number of urea groups is 2. The maximum absolute atomic E-state index is 12.5. The van der Waals surface area contributed by atoms with Gasteiger partial charge in [-0.1, -0.05) is 0 Å². The van der Waals surface area contributed by atoms with E-state index in [1.807, 2.05) is 0 Å². The Morgan fingerprint density at radius 1 is 1.20 bits per heavy atom. The lowest BCUT2D eigenvalue weighted by atomic mass is 10.2. The van der Waals surface area contributed by atoms with Crippen molar-refractivity contribution >= 4 is 23.7 Å². The van der Waals surface area contributed by atoms with Gasteiger partial charge in [0, 0.05) is 18.8 Å². The van der Waals surface area contributed by atoms with E-state index in [1.54, 1.807) is 0 Å². The lowest BCUT2D eigenvalue weighted by molar-refractivity contribution is -0.137. The van der Waals surface area contributed by atoms with Crippen LogP contribution in [0.3, 0.4) is 0 Å². The van der Waals surface area contributed by atoms with Crippen LogP contribution in [0.5, 0.6) is 0 Å². The molecule has 134 valence electrons. The van der Waals surface area contributed by atoms with E-state index in [-0.39, 0.29) is 24.7 Å². The smallest absolute Gasteiger partial charge is 0.329 e. The van der Waals surface area contributed by atoms with Crippen LogP contribution in [0, 0.1) is 0 Å². The highest BCUT2D eigenvalue weighted by molar-refractivity contribution is 6.02. The van der Waals surface area contributed by atoms with Crippen LogP contribution in [0.25, 0.3) is 0 Å². The van der Waals surface area contributed by atoms with Gasteiger partial charge in [0.05, 0.1) is 18.2 Å². The highest BCUT2D eigenvalue weighted by Crippen LogP contribution is 2.30. The molecule has 0 radical (unpaired) electrons. The van der Waals surface area contributed by atoms with Crippen LogP contribution in [0.1, 0.15) is 12.0 Å². The molecule has 10 heteroatoms. The molecule has 1 unspecified atom stereocenters. The van der Waals surface area contributed by atoms with Crippen LogP contribution in [-0.4, -0.2) is 53.4 Å². The summed E-state index contributed by atoms with van der Waals surface area (Å²) in [5.41, 5.74) is -0.568. The summed E-state index contributed by atoms with van der Waals surface area (Å²) in [6.07, 6.45) is -3.98. The van der Waals surface area contributed by atoms with Gasteiger partial charge in [0.25, 0.3) is 0 Å². The monoisotopic (exact) mass is 356 g/mol. The van der Waals surface area contributed by atoms with Crippen molar-refractivity contribution in [2.45, 2.75) is 18.6 Å². The average molecular weight is 356 g/mol. The molecule has 5 amide bonds. The zero-order chi connectivity index (χ0) is 18.2. The topological polar surface area (TPSA) is 81.8 Å². The van der Waals surface area contributed by atoms with Gasteiger partial charge >= 0.3 is 18.2 Å². The van der Waals surface area contributed by atoms with Gasteiger partial charge in [-0.2, -0.15) is 13.2 Å². The summed E-state index contributed by atoms with van der Waals surface area (Å²) in [5.74, 6) is -0.333. The van der Waals surface area contributed by atoms with Crippen molar-refractivity contribution < 1.29 is 27.6 Å². The van der Waals surface area contributed by atoms with Gasteiger partial charge in [-0.15, -0.1) is 0 Å². The van der Waals surface area contributed by atoms with Crippen molar-refractivity contribution in [2.75, 3.05) is 25.0 Å². The number of rotatable bonds is 2. The number of alkyl halides is 3. The molecule has 2 saturated heterocycles. The third kappa shape index (κ3) is 3.52. The molecule has 0 aliphatic carbocycles. The third-order valence-corrected chi connectivity index (χ3v) is 4.16. The first-order valence-corrected chi connectivity index (χ1v) is 7.59. The second-order valence-corrected chi connectivity index (χ2v) is 5.82. The number of hydrogen-bond acceptors (Lipinski definition) is 3. The molecule has 7 nitrogen and oxygen atoms in total. The number of imide groups is 1. The third-order valence-electron chi connectivity index (χ3n) is 4.16. The van der Waals surface area contributed by atoms with Crippen molar-refractivity contribution in [3.05, 3.63) is 29.8 Å². The van der Waals surface area contributed by atoms with Crippen LogP contribution in [0.2, 0.25) is 0 Å². The molecule has 0 aromatic heterocycles. The quantitative estimate of drug-likeness (QED) is 0.794. The fourth-order valence-corrected chi connectivity index (χ4v) is 2.89. The van der Waals surface area contributed by atoms with E-state index in [1.165, 1.54) is 17.0 Å². The minimum absolute atomic E-state index is 0.0485. The minimum Gasteiger partial charge on any atom is -0.329 e. The molecule has 2 fully saturated rings. The van der Waals surface area contributed by atoms with Crippen molar-refractivity contribution in [1.29, 1.82) is 0 Å². The van der Waals surface area contributed by atoms with Crippen LogP contribution in [0.15, 0.2) is 24.3 Å². The van der Waals surface area contributed by atoms with Gasteiger partial charge in [0.15, 0.2) is 0 Å². The van der Waals surface area contributed by atoms with Crippen LogP contribution in [0.4, 0.5) is 28.4 Å². The zero-order valence-electron chi connectivity index (χ0n) is 13.0. The second kappa shape index (κ2) is 6.26. The lowest BCUT2D eigenvalue weighted by Crippen LogP contribution is -2.43. The molecule has 3 rings (SSSR count). The molecule has 1 atom stereocenters. The van der Waals surface area contributed by atoms with E-state index in [9.17, 15) is 27.6 Å². The van der Waals surface area contributed by atoms with E-state index in [2.05, 4.69) is 10.6 Å². The lowest BCUT2D eigenvalue weighted by Gasteiger charge is -2.21. The van der Waals surface area contributed by atoms with Crippen molar-refractivity contribution in [1.82, 2.24) is 15.1 Å². The molecule has 0 spiro atoms. The molecule has 2 aliphatic heterocycles. The Bertz CT molecular complexity index is 689. The normalized spacial score (nSPS) is 20.8. The van der Waals surface area contributed by atoms with Crippen molar-refractivity contribution in [3.8, 4) is 0 Å². The molecular weight excluding hydrogens is 341 g/mol. The van der Waals surface area contributed by atoms with E-state index < -0.39 is 29.8 Å². The fraction of sp³-hybridized carbons (Fsp3) is 0.400. The molecule has 1 aromatic carbocycles. The standard InChI is InChI=1S/C15H15F3N4O3/c16-15(17,18)9-1-3-10(4-2-9)20-14(25)21-6-5-11(8-21)22-12(23)7-19-13(22)24/h1-4,11H,5-8H2,(H,19,24)(H,20,25). The number of amides is 5. The summed E-state index contributed by atoms with van der Waals surface area (Å²) in [4.78, 5) is 38.1. The van der Waals surface area contributed by atoms with Crippen molar-refractivity contribution in [3.63, 3.8) is 0 Å². The first kappa shape index (κ1) is 17.1. The summed E-state index contributed by atoms with van der Waals surface area (Å²) in [6, 6.07) is 2.76. The number of anilines is 1.